The van der Waals surface area contributed by atoms with Gasteiger partial charge in [-0.05, 0) is 48.5 Å². The second kappa shape index (κ2) is 7.08. The Kier molecular flexibility index (Phi) is 3.85. The van der Waals surface area contributed by atoms with Gasteiger partial charge in [-0.15, -0.1) is 11.3 Å². The molecule has 0 bridgehead atoms. The lowest BCUT2D eigenvalue weighted by atomic mass is 10.1. The summed E-state index contributed by atoms with van der Waals surface area (Å²) in [5.41, 5.74) is 7.39. The lowest BCUT2D eigenvalue weighted by molar-refractivity contribution is 1.18. The third-order valence-corrected chi connectivity index (χ3v) is 8.23. The first kappa shape index (κ1) is 19.0. The number of aromatic nitrogens is 2. The molecule has 8 rings (SSSR count). The Bertz CT molecular complexity index is 2040. The molecule has 0 saturated carbocycles. The van der Waals surface area contributed by atoms with Gasteiger partial charge in [0.25, 0.3) is 0 Å². The fourth-order valence-corrected chi connectivity index (χ4v) is 6.82. The predicted molar refractivity (Wildman–Crippen MR) is 151 cm³/mol. The Balaban J connectivity index is 1.72. The highest BCUT2D eigenvalue weighted by Crippen LogP contribution is 2.46. The first-order valence-electron chi connectivity index (χ1n) is 11.9. The molecule has 35 heavy (non-hydrogen) atoms. The second-order valence-corrected chi connectivity index (χ2v) is 10.1. The van der Waals surface area contributed by atoms with Gasteiger partial charge in [0.15, 0.2) is 0 Å². The zero-order valence-corrected chi connectivity index (χ0v) is 19.7. The van der Waals surface area contributed by atoms with Crippen molar-refractivity contribution in [2.75, 3.05) is 0 Å². The molecule has 0 fully saturated rings. The van der Waals surface area contributed by atoms with Crippen LogP contribution in [0.4, 0.5) is 0 Å². The van der Waals surface area contributed by atoms with Gasteiger partial charge in [0.2, 0.25) is 0 Å². The smallest absolute Gasteiger partial charge is 0.0804 e. The van der Waals surface area contributed by atoms with Crippen molar-refractivity contribution in [1.82, 2.24) is 9.13 Å². The lowest BCUT2D eigenvalue weighted by Crippen LogP contribution is -1.94. The van der Waals surface area contributed by atoms with Gasteiger partial charge in [-0.2, -0.15) is 0 Å². The number of hydrogen-bond donors (Lipinski definition) is 0. The summed E-state index contributed by atoms with van der Waals surface area (Å²) in [6.07, 6.45) is 0. The Labute approximate surface area is 205 Å². The Morgan fingerprint density at radius 2 is 1.00 bits per heavy atom. The normalized spacial score (nSPS) is 12.0. The molecular formula is C32H20N2S. The summed E-state index contributed by atoms with van der Waals surface area (Å²) in [4.78, 5) is 0. The van der Waals surface area contributed by atoms with Crippen LogP contribution in [0.15, 0.2) is 121 Å². The van der Waals surface area contributed by atoms with Crippen LogP contribution in [0.5, 0.6) is 0 Å². The maximum absolute atomic E-state index is 2.49. The molecule has 8 aromatic rings. The Morgan fingerprint density at radius 1 is 0.400 bits per heavy atom. The van der Waals surface area contributed by atoms with E-state index in [4.69, 9.17) is 0 Å². The van der Waals surface area contributed by atoms with E-state index < -0.39 is 0 Å². The maximum atomic E-state index is 2.49. The Hall–Kier alpha value is -4.34. The zero-order chi connectivity index (χ0) is 22.9. The molecule has 0 N–H and O–H groups in total. The average Bonchev–Trinajstić information content (AvgIpc) is 3.57. The molecule has 0 aliphatic heterocycles. The van der Waals surface area contributed by atoms with Gasteiger partial charge in [0.1, 0.15) is 0 Å². The fourth-order valence-electron chi connectivity index (χ4n) is 5.71. The highest BCUT2D eigenvalue weighted by Gasteiger charge is 2.24. The molecule has 3 aromatic heterocycles. The monoisotopic (exact) mass is 464 g/mol. The number of benzene rings is 5. The molecule has 0 spiro atoms. The van der Waals surface area contributed by atoms with Crippen LogP contribution in [-0.2, 0) is 0 Å². The Morgan fingerprint density at radius 3 is 1.77 bits per heavy atom. The van der Waals surface area contributed by atoms with E-state index in [0.29, 0.717) is 0 Å². The molecule has 0 radical (unpaired) electrons. The van der Waals surface area contributed by atoms with Crippen LogP contribution in [-0.4, -0.2) is 9.13 Å². The van der Waals surface area contributed by atoms with Crippen molar-refractivity contribution in [1.29, 1.82) is 0 Å². The van der Waals surface area contributed by atoms with Crippen LogP contribution < -0.4 is 0 Å². The van der Waals surface area contributed by atoms with E-state index in [2.05, 4.69) is 130 Å². The van der Waals surface area contributed by atoms with Gasteiger partial charge in [0.05, 0.1) is 22.1 Å². The molecule has 0 amide bonds. The molecule has 0 aliphatic rings. The SMILES string of the molecule is c1ccc(-n2c3ccccc3c3c2c2ccc4sc5ccccc5c4c2n3-c2ccccc2)cc1. The largest absolute Gasteiger partial charge is 0.307 e. The molecule has 0 aliphatic carbocycles. The molecular weight excluding hydrogens is 444 g/mol. The third-order valence-electron chi connectivity index (χ3n) is 7.10. The van der Waals surface area contributed by atoms with E-state index in [9.17, 15) is 0 Å². The number of thiophene rings is 1. The van der Waals surface area contributed by atoms with Gasteiger partial charge in [-0.1, -0.05) is 72.8 Å². The van der Waals surface area contributed by atoms with E-state index in [0.717, 1.165) is 0 Å². The van der Waals surface area contributed by atoms with Crippen LogP contribution in [0.25, 0.3) is 64.4 Å². The van der Waals surface area contributed by atoms with E-state index in [-0.39, 0.29) is 0 Å². The molecule has 164 valence electrons. The molecule has 0 saturated heterocycles. The van der Waals surface area contributed by atoms with Gasteiger partial charge in [-0.3, -0.25) is 0 Å². The molecule has 3 heteroatoms. The van der Waals surface area contributed by atoms with Gasteiger partial charge in [-0.25, -0.2) is 0 Å². The van der Waals surface area contributed by atoms with Crippen LogP contribution in [0.2, 0.25) is 0 Å². The zero-order valence-electron chi connectivity index (χ0n) is 18.8. The van der Waals surface area contributed by atoms with E-state index in [1.54, 1.807) is 0 Å². The van der Waals surface area contributed by atoms with Gasteiger partial charge >= 0.3 is 0 Å². The minimum Gasteiger partial charge on any atom is -0.307 e. The van der Waals surface area contributed by atoms with Crippen molar-refractivity contribution >= 4 is 64.3 Å². The van der Waals surface area contributed by atoms with Crippen molar-refractivity contribution in [3.63, 3.8) is 0 Å². The van der Waals surface area contributed by atoms with Crippen LogP contribution in [0.1, 0.15) is 0 Å². The predicted octanol–water partition coefficient (Wildman–Crippen LogP) is 9.10. The van der Waals surface area contributed by atoms with E-state index >= 15 is 0 Å². The third kappa shape index (κ3) is 2.53. The summed E-state index contributed by atoms with van der Waals surface area (Å²) in [6.45, 7) is 0. The summed E-state index contributed by atoms with van der Waals surface area (Å²) < 4.78 is 7.59. The van der Waals surface area contributed by atoms with E-state index in [1.165, 1.54) is 64.4 Å². The quantitative estimate of drug-likeness (QED) is 0.241. The van der Waals surface area contributed by atoms with Crippen molar-refractivity contribution < 1.29 is 0 Å². The number of hydrogen-bond acceptors (Lipinski definition) is 1. The van der Waals surface area contributed by atoms with Crippen LogP contribution in [0.3, 0.4) is 0 Å². The van der Waals surface area contributed by atoms with Crippen molar-refractivity contribution in [3.8, 4) is 11.4 Å². The topological polar surface area (TPSA) is 9.86 Å². The summed E-state index contributed by atoms with van der Waals surface area (Å²) in [7, 11) is 0. The van der Waals surface area contributed by atoms with Gasteiger partial charge in [0, 0.05) is 42.3 Å². The van der Waals surface area contributed by atoms with Crippen molar-refractivity contribution in [3.05, 3.63) is 121 Å². The summed E-state index contributed by atoms with van der Waals surface area (Å²) in [5.74, 6) is 0. The minimum atomic E-state index is 1.18. The first-order chi connectivity index (χ1) is 17.4. The molecule has 3 heterocycles. The number of nitrogens with zero attached hydrogens (tertiary/aromatic N) is 2. The van der Waals surface area contributed by atoms with Crippen LogP contribution >= 0.6 is 11.3 Å². The minimum absolute atomic E-state index is 1.18. The summed E-state index contributed by atoms with van der Waals surface area (Å²) in [6, 6.07) is 43.8. The molecule has 0 atom stereocenters. The van der Waals surface area contributed by atoms with Crippen molar-refractivity contribution in [2.24, 2.45) is 0 Å². The highest BCUT2D eigenvalue weighted by atomic mass is 32.1. The van der Waals surface area contributed by atoms with Gasteiger partial charge < -0.3 is 9.13 Å². The number of fused-ring (bicyclic) bond motifs is 9. The van der Waals surface area contributed by atoms with Crippen molar-refractivity contribution in [2.45, 2.75) is 0 Å². The maximum Gasteiger partial charge on any atom is 0.0804 e. The standard InChI is InChI=1S/C32H20N2S/c1-3-11-21(12-4-1)33-26-17-9-7-15-23(26)31-32(33)25-19-20-28-29(24-16-8-10-18-27(24)35-28)30(25)34(31)22-13-5-2-6-14-22/h1-20H. The fraction of sp³-hybridized carbons (Fsp3) is 0. The second-order valence-electron chi connectivity index (χ2n) is 8.99. The number of rotatable bonds is 2. The summed E-state index contributed by atoms with van der Waals surface area (Å²) >= 11 is 1.88. The average molecular weight is 465 g/mol. The summed E-state index contributed by atoms with van der Waals surface area (Å²) in [5, 5.41) is 5.21. The molecule has 0 unspecified atom stereocenters. The van der Waals surface area contributed by atoms with Crippen LogP contribution in [0, 0.1) is 0 Å². The molecule has 5 aromatic carbocycles. The van der Waals surface area contributed by atoms with E-state index in [1.807, 2.05) is 11.3 Å². The molecule has 2 nitrogen and oxygen atoms in total. The number of para-hydroxylation sites is 3. The lowest BCUT2D eigenvalue weighted by Gasteiger charge is -2.10. The highest BCUT2D eigenvalue weighted by molar-refractivity contribution is 7.26. The first-order valence-corrected chi connectivity index (χ1v) is 12.7.